The predicted molar refractivity (Wildman–Crippen MR) is 93.4 cm³/mol. The molecule has 2 aromatic rings. The van der Waals surface area contributed by atoms with Gasteiger partial charge in [0.15, 0.2) is 0 Å². The van der Waals surface area contributed by atoms with Crippen molar-refractivity contribution in [1.29, 1.82) is 0 Å². The zero-order chi connectivity index (χ0) is 17.4. The number of rotatable bonds is 4. The van der Waals surface area contributed by atoms with E-state index in [-0.39, 0.29) is 18.2 Å². The van der Waals surface area contributed by atoms with Gasteiger partial charge in [0, 0.05) is 36.3 Å². The lowest BCUT2D eigenvalue weighted by Crippen LogP contribution is -2.48. The third-order valence-electron chi connectivity index (χ3n) is 3.91. The molecule has 5 nitrogen and oxygen atoms in total. The molecular formula is C17H24N2O3S. The summed E-state index contributed by atoms with van der Waals surface area (Å²) in [6.07, 6.45) is 1.19. The molecule has 23 heavy (non-hydrogen) atoms. The normalized spacial score (nSPS) is 12.6. The lowest BCUT2D eigenvalue weighted by molar-refractivity contribution is 0.0591. The Kier molecular flexibility index (Phi) is 4.57. The maximum atomic E-state index is 13.0. The van der Waals surface area contributed by atoms with Crippen LogP contribution >= 0.6 is 0 Å². The molecule has 0 unspecified atom stereocenters. The quantitative estimate of drug-likeness (QED) is 0.862. The van der Waals surface area contributed by atoms with E-state index in [2.05, 4.69) is 0 Å². The smallest absolute Gasteiger partial charge is 0.270 e. The average Bonchev–Trinajstić information content (AvgIpc) is 2.74. The molecule has 0 N–H and O–H groups in total. The van der Waals surface area contributed by atoms with Crippen LogP contribution in [0.4, 0.5) is 0 Å². The molecule has 0 bridgehead atoms. The molecule has 2 rings (SSSR count). The zero-order valence-corrected chi connectivity index (χ0v) is 15.1. The number of carbonyl (C=O) groups excluding carboxylic acids is 1. The molecule has 1 aromatic heterocycles. The van der Waals surface area contributed by atoms with Crippen LogP contribution in [-0.2, 0) is 16.9 Å². The number of hydrogen-bond acceptors (Lipinski definition) is 3. The topological polar surface area (TPSA) is 59.4 Å². The highest BCUT2D eigenvalue weighted by atomic mass is 32.2. The largest absolute Gasteiger partial charge is 0.340 e. The zero-order valence-electron chi connectivity index (χ0n) is 14.3. The van der Waals surface area contributed by atoms with Gasteiger partial charge in [-0.2, -0.15) is 0 Å². The number of fused-ring (bicyclic) bond motifs is 1. The van der Waals surface area contributed by atoms with Crippen molar-refractivity contribution in [1.82, 2.24) is 9.47 Å². The number of sulfone groups is 1. The van der Waals surface area contributed by atoms with Gasteiger partial charge in [0.1, 0.15) is 15.5 Å². The molecule has 1 aromatic carbocycles. The van der Waals surface area contributed by atoms with Crippen molar-refractivity contribution in [3.05, 3.63) is 36.0 Å². The van der Waals surface area contributed by atoms with Gasteiger partial charge in [0.05, 0.1) is 5.75 Å². The Hall–Kier alpha value is -1.82. The Balaban J connectivity index is 2.41. The second-order valence-electron chi connectivity index (χ2n) is 6.90. The summed E-state index contributed by atoms with van der Waals surface area (Å²) in [5.74, 6) is -0.195. The minimum atomic E-state index is -3.13. The van der Waals surface area contributed by atoms with E-state index in [1.54, 1.807) is 4.90 Å². The lowest BCUT2D eigenvalue weighted by atomic mass is 10.1. The first-order valence-electron chi connectivity index (χ1n) is 7.55. The third kappa shape index (κ3) is 3.93. The number of carbonyl (C=O) groups is 1. The molecule has 1 amide bonds. The van der Waals surface area contributed by atoms with Gasteiger partial charge >= 0.3 is 0 Å². The number of hydrogen-bond donors (Lipinski definition) is 0. The highest BCUT2D eigenvalue weighted by molar-refractivity contribution is 7.90. The van der Waals surface area contributed by atoms with Gasteiger partial charge in [-0.25, -0.2) is 8.42 Å². The van der Waals surface area contributed by atoms with Gasteiger partial charge in [-0.05, 0) is 32.9 Å². The van der Waals surface area contributed by atoms with E-state index in [1.165, 1.54) is 6.26 Å². The maximum Gasteiger partial charge on any atom is 0.270 e. The van der Waals surface area contributed by atoms with Crippen LogP contribution in [-0.4, -0.2) is 47.9 Å². The van der Waals surface area contributed by atoms with Crippen LogP contribution in [0.15, 0.2) is 30.3 Å². The molecule has 126 valence electrons. The number of benzene rings is 1. The Morgan fingerprint density at radius 3 is 2.35 bits per heavy atom. The maximum absolute atomic E-state index is 13.0. The molecule has 0 saturated carbocycles. The number of para-hydroxylation sites is 1. The van der Waals surface area contributed by atoms with Crippen LogP contribution in [0.2, 0.25) is 0 Å². The van der Waals surface area contributed by atoms with E-state index in [0.29, 0.717) is 5.69 Å². The molecule has 1 heterocycles. The van der Waals surface area contributed by atoms with E-state index in [1.807, 2.05) is 62.7 Å². The van der Waals surface area contributed by atoms with Gasteiger partial charge in [0.2, 0.25) is 0 Å². The number of aryl methyl sites for hydroxylation is 1. The first-order chi connectivity index (χ1) is 10.5. The second kappa shape index (κ2) is 6.00. The van der Waals surface area contributed by atoms with Crippen LogP contribution in [0, 0.1) is 0 Å². The SMILES string of the molecule is Cn1c(C(=O)N(CCS(C)(=O)=O)C(C)(C)C)cc2ccccc21. The monoisotopic (exact) mass is 336 g/mol. The fourth-order valence-corrected chi connectivity index (χ4v) is 3.15. The first kappa shape index (κ1) is 17.5. The van der Waals surface area contributed by atoms with E-state index in [9.17, 15) is 13.2 Å². The number of aromatic nitrogens is 1. The van der Waals surface area contributed by atoms with Gasteiger partial charge in [0.25, 0.3) is 5.91 Å². The molecule has 0 atom stereocenters. The summed E-state index contributed by atoms with van der Waals surface area (Å²) in [5, 5.41) is 0.996. The summed E-state index contributed by atoms with van der Waals surface area (Å²) in [7, 11) is -1.28. The molecule has 0 aliphatic rings. The lowest BCUT2D eigenvalue weighted by Gasteiger charge is -2.35. The van der Waals surface area contributed by atoms with E-state index in [4.69, 9.17) is 0 Å². The average molecular weight is 336 g/mol. The van der Waals surface area contributed by atoms with Gasteiger partial charge in [-0.15, -0.1) is 0 Å². The molecule has 0 aliphatic carbocycles. The standard InChI is InChI=1S/C17H24N2O3S/c1-17(2,3)19(10-11-23(5,21)22)16(20)15-12-13-8-6-7-9-14(13)18(15)4/h6-9,12H,10-11H2,1-5H3. The Labute approximate surface area is 137 Å². The molecule has 0 radical (unpaired) electrons. The summed E-state index contributed by atoms with van der Waals surface area (Å²) in [6, 6.07) is 9.65. The molecule has 0 saturated heterocycles. The van der Waals surface area contributed by atoms with E-state index < -0.39 is 15.4 Å². The third-order valence-corrected chi connectivity index (χ3v) is 4.84. The highest BCUT2D eigenvalue weighted by Gasteiger charge is 2.29. The van der Waals surface area contributed by atoms with Crippen LogP contribution in [0.1, 0.15) is 31.3 Å². The first-order valence-corrected chi connectivity index (χ1v) is 9.61. The van der Waals surface area contributed by atoms with Crippen LogP contribution in [0.5, 0.6) is 0 Å². The van der Waals surface area contributed by atoms with Crippen molar-refractivity contribution >= 4 is 26.6 Å². The molecule has 0 spiro atoms. The van der Waals surface area contributed by atoms with E-state index in [0.717, 1.165) is 10.9 Å². The fourth-order valence-electron chi connectivity index (χ4n) is 2.63. The molecule has 0 fully saturated rings. The second-order valence-corrected chi connectivity index (χ2v) is 9.16. The number of amides is 1. The van der Waals surface area contributed by atoms with Gasteiger partial charge < -0.3 is 9.47 Å². The van der Waals surface area contributed by atoms with Crippen molar-refractivity contribution in [3.8, 4) is 0 Å². The summed E-state index contributed by atoms with van der Waals surface area (Å²) in [5.41, 5.74) is 1.08. The summed E-state index contributed by atoms with van der Waals surface area (Å²) < 4.78 is 24.8. The highest BCUT2D eigenvalue weighted by Crippen LogP contribution is 2.23. The Bertz CT molecular complexity index is 829. The van der Waals surface area contributed by atoms with E-state index >= 15 is 0 Å². The van der Waals surface area contributed by atoms with Crippen LogP contribution < -0.4 is 0 Å². The summed E-state index contributed by atoms with van der Waals surface area (Å²) in [6.45, 7) is 5.92. The molecule has 6 heteroatoms. The molecule has 0 aliphatic heterocycles. The Morgan fingerprint density at radius 2 is 1.83 bits per heavy atom. The van der Waals surface area contributed by atoms with Crippen LogP contribution in [0.3, 0.4) is 0 Å². The van der Waals surface area contributed by atoms with Gasteiger partial charge in [-0.1, -0.05) is 18.2 Å². The Morgan fingerprint density at radius 1 is 1.22 bits per heavy atom. The van der Waals surface area contributed by atoms with Crippen LogP contribution in [0.25, 0.3) is 10.9 Å². The van der Waals surface area contributed by atoms with Crippen molar-refractivity contribution < 1.29 is 13.2 Å². The summed E-state index contributed by atoms with van der Waals surface area (Å²) >= 11 is 0. The van der Waals surface area contributed by atoms with Crippen molar-refractivity contribution in [2.24, 2.45) is 7.05 Å². The minimum Gasteiger partial charge on any atom is -0.340 e. The number of nitrogens with zero attached hydrogens (tertiary/aromatic N) is 2. The van der Waals surface area contributed by atoms with Gasteiger partial charge in [-0.3, -0.25) is 4.79 Å². The predicted octanol–water partition coefficient (Wildman–Crippen LogP) is 2.46. The minimum absolute atomic E-state index is 0.0417. The van der Waals surface area contributed by atoms with Crippen molar-refractivity contribution in [3.63, 3.8) is 0 Å². The summed E-state index contributed by atoms with van der Waals surface area (Å²) in [4.78, 5) is 14.6. The fraction of sp³-hybridized carbons (Fsp3) is 0.471. The molecular weight excluding hydrogens is 312 g/mol. The van der Waals surface area contributed by atoms with Crippen molar-refractivity contribution in [2.45, 2.75) is 26.3 Å². The van der Waals surface area contributed by atoms with Crippen molar-refractivity contribution in [2.75, 3.05) is 18.6 Å².